The zero-order valence-electron chi connectivity index (χ0n) is 10.6. The van der Waals surface area contributed by atoms with Gasteiger partial charge in [-0.15, -0.1) is 0 Å². The molecule has 0 aliphatic rings. The lowest BCUT2D eigenvalue weighted by molar-refractivity contribution is -0.139. The number of nitrogens with one attached hydrogen (secondary N) is 1. The summed E-state index contributed by atoms with van der Waals surface area (Å²) in [5, 5.41) is 19.4. The van der Waals surface area contributed by atoms with Crippen LogP contribution >= 0.6 is 0 Å². The average Bonchev–Trinajstić information content (AvgIpc) is 2.42. The van der Waals surface area contributed by atoms with Crippen LogP contribution in [0.15, 0.2) is 24.3 Å². The Morgan fingerprint density at radius 2 is 1.86 bits per heavy atom. The van der Waals surface area contributed by atoms with Crippen LogP contribution in [0.3, 0.4) is 0 Å². The van der Waals surface area contributed by atoms with Crippen LogP contribution in [0.1, 0.15) is 28.8 Å². The molecule has 0 radical (unpaired) electrons. The Labute approximate surface area is 118 Å². The van der Waals surface area contributed by atoms with Crippen molar-refractivity contribution in [1.82, 2.24) is 5.32 Å². The summed E-state index contributed by atoms with van der Waals surface area (Å²) >= 11 is 0. The number of carboxylic acid groups (broad SMARTS) is 1. The zero-order chi connectivity index (χ0) is 16.0. The molecule has 5 nitrogen and oxygen atoms in total. The van der Waals surface area contributed by atoms with E-state index in [-0.39, 0.29) is 18.4 Å². The molecule has 1 aromatic carbocycles. The fourth-order valence-electron chi connectivity index (χ4n) is 1.52. The van der Waals surface area contributed by atoms with E-state index in [1.807, 2.05) is 0 Å². The van der Waals surface area contributed by atoms with Crippen molar-refractivity contribution in [2.75, 3.05) is 0 Å². The van der Waals surface area contributed by atoms with Gasteiger partial charge >= 0.3 is 12.1 Å². The fourth-order valence-corrected chi connectivity index (χ4v) is 1.52. The number of amides is 1. The summed E-state index contributed by atoms with van der Waals surface area (Å²) in [6.45, 7) is 0. The molecule has 21 heavy (non-hydrogen) atoms. The molecule has 0 fully saturated rings. The highest BCUT2D eigenvalue weighted by Gasteiger charge is 2.30. The fraction of sp³-hybridized carbons (Fsp3) is 0.308. The van der Waals surface area contributed by atoms with Gasteiger partial charge in [0.25, 0.3) is 5.91 Å². The summed E-state index contributed by atoms with van der Waals surface area (Å²) in [6, 6.07) is 3.88. The molecule has 1 amide bonds. The Kier molecular flexibility index (Phi) is 5.30. The van der Waals surface area contributed by atoms with Gasteiger partial charge in [-0.05, 0) is 30.7 Å². The number of benzene rings is 1. The molecule has 0 bridgehead atoms. The van der Waals surface area contributed by atoms with Crippen molar-refractivity contribution >= 4 is 11.9 Å². The maximum absolute atomic E-state index is 12.4. The highest BCUT2D eigenvalue weighted by atomic mass is 19.4. The molecular formula is C13H11F3N2O3. The monoisotopic (exact) mass is 300 g/mol. The maximum atomic E-state index is 12.4. The molecular weight excluding hydrogens is 289 g/mol. The molecule has 0 heterocycles. The van der Waals surface area contributed by atoms with E-state index in [0.717, 1.165) is 24.3 Å². The number of rotatable bonds is 5. The highest BCUT2D eigenvalue weighted by molar-refractivity contribution is 5.96. The number of nitriles is 1. The minimum Gasteiger partial charge on any atom is -0.480 e. The first-order valence-electron chi connectivity index (χ1n) is 5.83. The lowest BCUT2D eigenvalue weighted by Crippen LogP contribution is -2.40. The van der Waals surface area contributed by atoms with Gasteiger partial charge in [-0.25, -0.2) is 4.79 Å². The molecule has 0 saturated heterocycles. The molecule has 0 unspecified atom stereocenters. The van der Waals surface area contributed by atoms with Gasteiger partial charge in [0.2, 0.25) is 0 Å². The average molecular weight is 300 g/mol. The molecule has 0 aliphatic heterocycles. The van der Waals surface area contributed by atoms with Crippen molar-refractivity contribution in [2.24, 2.45) is 0 Å². The molecule has 1 atom stereocenters. The van der Waals surface area contributed by atoms with E-state index in [9.17, 15) is 22.8 Å². The topological polar surface area (TPSA) is 90.2 Å². The molecule has 0 aliphatic carbocycles. The first-order valence-corrected chi connectivity index (χ1v) is 5.83. The van der Waals surface area contributed by atoms with Crippen molar-refractivity contribution in [3.63, 3.8) is 0 Å². The Bertz CT molecular complexity index is 562. The Hall–Kier alpha value is -2.56. The van der Waals surface area contributed by atoms with Crippen molar-refractivity contribution in [1.29, 1.82) is 5.26 Å². The number of carboxylic acids is 1. The van der Waals surface area contributed by atoms with E-state index in [1.54, 1.807) is 6.07 Å². The van der Waals surface area contributed by atoms with Crippen molar-refractivity contribution in [3.05, 3.63) is 35.4 Å². The second-order valence-electron chi connectivity index (χ2n) is 4.14. The molecule has 8 heteroatoms. The van der Waals surface area contributed by atoms with Gasteiger partial charge in [0.15, 0.2) is 0 Å². The second-order valence-corrected chi connectivity index (χ2v) is 4.14. The molecule has 1 aromatic rings. The number of aliphatic carboxylic acids is 1. The third-order valence-electron chi connectivity index (χ3n) is 2.62. The van der Waals surface area contributed by atoms with Gasteiger partial charge in [0.1, 0.15) is 6.04 Å². The highest BCUT2D eigenvalue weighted by Crippen LogP contribution is 2.29. The molecule has 1 rings (SSSR count). The predicted molar refractivity (Wildman–Crippen MR) is 65.2 cm³/mol. The van der Waals surface area contributed by atoms with Gasteiger partial charge < -0.3 is 10.4 Å². The minimum absolute atomic E-state index is 0.0652. The van der Waals surface area contributed by atoms with Crippen LogP contribution in [0.4, 0.5) is 13.2 Å². The van der Waals surface area contributed by atoms with Crippen molar-refractivity contribution < 1.29 is 27.9 Å². The van der Waals surface area contributed by atoms with E-state index < -0.39 is 29.7 Å². The van der Waals surface area contributed by atoms with Gasteiger partial charge in [-0.2, -0.15) is 18.4 Å². The van der Waals surface area contributed by atoms with E-state index >= 15 is 0 Å². The largest absolute Gasteiger partial charge is 0.480 e. The standard InChI is InChI=1S/C13H11F3N2O3/c14-13(15,16)9-5-3-8(4-6-9)11(19)18-10(12(20)21)2-1-7-17/h3-6,10H,1-2H2,(H,18,19)(H,20,21)/t10-/m1/s1. The van der Waals surface area contributed by atoms with Gasteiger partial charge in [-0.1, -0.05) is 0 Å². The van der Waals surface area contributed by atoms with Crippen molar-refractivity contribution in [2.45, 2.75) is 25.1 Å². The van der Waals surface area contributed by atoms with Crippen LogP contribution in [0.2, 0.25) is 0 Å². The van der Waals surface area contributed by atoms with E-state index in [1.165, 1.54) is 0 Å². The quantitative estimate of drug-likeness (QED) is 0.872. The molecule has 112 valence electrons. The van der Waals surface area contributed by atoms with E-state index in [2.05, 4.69) is 5.32 Å². The Morgan fingerprint density at radius 1 is 1.29 bits per heavy atom. The number of carbonyl (C=O) groups excluding carboxylic acids is 1. The number of nitrogens with zero attached hydrogens (tertiary/aromatic N) is 1. The summed E-state index contributed by atoms with van der Waals surface area (Å²) in [4.78, 5) is 22.6. The molecule has 0 spiro atoms. The van der Waals surface area contributed by atoms with Gasteiger partial charge in [-0.3, -0.25) is 4.79 Å². The maximum Gasteiger partial charge on any atom is 0.416 e. The van der Waals surface area contributed by atoms with Crippen LogP contribution in [0.5, 0.6) is 0 Å². The molecule has 0 aromatic heterocycles. The zero-order valence-corrected chi connectivity index (χ0v) is 10.6. The second kappa shape index (κ2) is 6.74. The van der Waals surface area contributed by atoms with Crippen molar-refractivity contribution in [3.8, 4) is 6.07 Å². The third-order valence-corrected chi connectivity index (χ3v) is 2.62. The number of hydrogen-bond acceptors (Lipinski definition) is 3. The smallest absolute Gasteiger partial charge is 0.416 e. The third kappa shape index (κ3) is 4.80. The predicted octanol–water partition coefficient (Wildman–Crippen LogP) is 2.19. The number of carbonyl (C=O) groups is 2. The van der Waals surface area contributed by atoms with Crippen LogP contribution in [0.25, 0.3) is 0 Å². The Balaban J connectivity index is 2.79. The first kappa shape index (κ1) is 16.5. The summed E-state index contributed by atoms with van der Waals surface area (Å²) in [5.41, 5.74) is -0.996. The summed E-state index contributed by atoms with van der Waals surface area (Å²) in [6.07, 6.45) is -4.66. The van der Waals surface area contributed by atoms with Gasteiger partial charge in [0.05, 0.1) is 11.6 Å². The first-order chi connectivity index (χ1) is 9.75. The van der Waals surface area contributed by atoms with E-state index in [0.29, 0.717) is 0 Å². The SMILES string of the molecule is N#CCC[C@@H](NC(=O)c1ccc(C(F)(F)F)cc1)C(=O)O. The summed E-state index contributed by atoms with van der Waals surface area (Å²) in [7, 11) is 0. The Morgan fingerprint density at radius 3 is 2.29 bits per heavy atom. The lowest BCUT2D eigenvalue weighted by Gasteiger charge is -2.13. The summed E-state index contributed by atoms with van der Waals surface area (Å²) < 4.78 is 37.1. The van der Waals surface area contributed by atoms with Gasteiger partial charge in [0, 0.05) is 12.0 Å². The lowest BCUT2D eigenvalue weighted by atomic mass is 10.1. The number of halogens is 3. The van der Waals surface area contributed by atoms with Crippen LogP contribution in [0, 0.1) is 11.3 Å². The summed E-state index contributed by atoms with van der Waals surface area (Å²) in [5.74, 6) is -2.13. The van der Waals surface area contributed by atoms with Crippen LogP contribution in [-0.2, 0) is 11.0 Å². The molecule has 2 N–H and O–H groups in total. The molecule has 0 saturated carbocycles. The normalized spacial score (nSPS) is 12.3. The van der Waals surface area contributed by atoms with Crippen LogP contribution in [-0.4, -0.2) is 23.0 Å². The van der Waals surface area contributed by atoms with Crippen LogP contribution < -0.4 is 5.32 Å². The number of alkyl halides is 3. The van der Waals surface area contributed by atoms with E-state index in [4.69, 9.17) is 10.4 Å². The minimum atomic E-state index is -4.51. The number of hydrogen-bond donors (Lipinski definition) is 2.